The molecule has 3 rings (SSSR count). The second-order valence-corrected chi connectivity index (χ2v) is 7.69. The van der Waals surface area contributed by atoms with Crippen LogP contribution in [0, 0.1) is 10.5 Å². The Morgan fingerprint density at radius 2 is 1.74 bits per heavy atom. The van der Waals surface area contributed by atoms with Crippen molar-refractivity contribution in [3.8, 4) is 5.75 Å². The van der Waals surface area contributed by atoms with Gasteiger partial charge in [-0.05, 0) is 71.5 Å². The van der Waals surface area contributed by atoms with E-state index < -0.39 is 15.7 Å². The van der Waals surface area contributed by atoms with Gasteiger partial charge in [-0.15, -0.1) is 0 Å². The van der Waals surface area contributed by atoms with Gasteiger partial charge in [0.15, 0.2) is 0 Å². The summed E-state index contributed by atoms with van der Waals surface area (Å²) in [6.45, 7) is 1.78. The molecule has 3 aromatic rings. The fourth-order valence-corrected chi connectivity index (χ4v) is 3.42. The van der Waals surface area contributed by atoms with E-state index in [1.165, 1.54) is 30.3 Å². The van der Waals surface area contributed by atoms with Gasteiger partial charge in [-0.1, -0.05) is 0 Å². The molecule has 0 aliphatic rings. The van der Waals surface area contributed by atoms with E-state index in [2.05, 4.69) is 22.6 Å². The molecule has 0 saturated carbocycles. The van der Waals surface area contributed by atoms with Crippen LogP contribution in [-0.4, -0.2) is 8.42 Å². The third kappa shape index (κ3) is 3.40. The molecule has 0 saturated heterocycles. The number of rotatable bonds is 3. The lowest BCUT2D eigenvalue weighted by molar-refractivity contribution is 0.485. The lowest BCUT2D eigenvalue weighted by Crippen LogP contribution is -2.09. The van der Waals surface area contributed by atoms with E-state index in [1.54, 1.807) is 25.1 Å². The number of hydrogen-bond donors (Lipinski definition) is 0. The lowest BCUT2D eigenvalue weighted by Gasteiger charge is -2.08. The van der Waals surface area contributed by atoms with Gasteiger partial charge < -0.3 is 8.60 Å². The van der Waals surface area contributed by atoms with Crippen LogP contribution in [0.2, 0.25) is 0 Å². The zero-order chi connectivity index (χ0) is 16.6. The van der Waals surface area contributed by atoms with E-state index in [0.717, 1.165) is 14.5 Å². The molecule has 0 bridgehead atoms. The van der Waals surface area contributed by atoms with Gasteiger partial charge in [-0.3, -0.25) is 0 Å². The van der Waals surface area contributed by atoms with Crippen LogP contribution >= 0.6 is 22.6 Å². The largest absolute Gasteiger partial charge is 0.423 e. The number of halogens is 1. The number of aryl methyl sites for hydroxylation is 1. The van der Waals surface area contributed by atoms with Crippen LogP contribution in [0.3, 0.4) is 0 Å². The summed E-state index contributed by atoms with van der Waals surface area (Å²) in [4.78, 5) is 11.5. The summed E-state index contributed by atoms with van der Waals surface area (Å²) >= 11 is 2.09. The molecule has 118 valence electrons. The minimum atomic E-state index is -3.94. The number of hydrogen-bond acceptors (Lipinski definition) is 5. The first-order valence-electron chi connectivity index (χ1n) is 6.60. The van der Waals surface area contributed by atoms with Crippen LogP contribution in [0.15, 0.2) is 62.6 Å². The minimum absolute atomic E-state index is 0.0590. The average Bonchev–Trinajstić information content (AvgIpc) is 2.46. The fourth-order valence-electron chi connectivity index (χ4n) is 2.13. The highest BCUT2D eigenvalue weighted by Gasteiger charge is 2.17. The third-order valence-electron chi connectivity index (χ3n) is 3.23. The zero-order valence-corrected chi connectivity index (χ0v) is 14.9. The van der Waals surface area contributed by atoms with Crippen LogP contribution in [0.5, 0.6) is 5.75 Å². The Morgan fingerprint density at radius 1 is 1.04 bits per heavy atom. The summed E-state index contributed by atoms with van der Waals surface area (Å²) in [6, 6.07) is 12.3. The van der Waals surface area contributed by atoms with E-state index in [1.807, 2.05) is 0 Å². The van der Waals surface area contributed by atoms with E-state index in [-0.39, 0.29) is 16.2 Å². The fraction of sp³-hybridized carbons (Fsp3) is 0.0625. The summed E-state index contributed by atoms with van der Waals surface area (Å²) in [7, 11) is -3.94. The van der Waals surface area contributed by atoms with Gasteiger partial charge >= 0.3 is 15.7 Å². The second kappa shape index (κ2) is 5.97. The van der Waals surface area contributed by atoms with Crippen molar-refractivity contribution in [3.63, 3.8) is 0 Å². The number of fused-ring (bicyclic) bond motifs is 1. The minimum Gasteiger partial charge on any atom is -0.423 e. The standard InChI is InChI=1S/C16H11IO5S/c1-10-8-16(18)21-15-9-12(4-7-14(10)15)22-23(19,20)13-5-2-11(17)3-6-13/h2-9H,1H3. The highest BCUT2D eigenvalue weighted by molar-refractivity contribution is 14.1. The van der Waals surface area contributed by atoms with Crippen molar-refractivity contribution in [3.05, 3.63) is 68.1 Å². The van der Waals surface area contributed by atoms with Gasteiger partial charge in [0, 0.05) is 21.1 Å². The van der Waals surface area contributed by atoms with Crippen LogP contribution in [0.25, 0.3) is 11.0 Å². The SMILES string of the molecule is Cc1cc(=O)oc2cc(OS(=O)(=O)c3ccc(I)cc3)ccc12. The molecule has 0 N–H and O–H groups in total. The molecular formula is C16H11IO5S. The molecule has 1 heterocycles. The first kappa shape index (κ1) is 16.0. The Balaban J connectivity index is 2.01. The second-order valence-electron chi connectivity index (χ2n) is 4.90. The van der Waals surface area contributed by atoms with Crippen molar-refractivity contribution < 1.29 is 17.0 Å². The summed E-state index contributed by atoms with van der Waals surface area (Å²) in [5, 5.41) is 0.726. The Labute approximate surface area is 146 Å². The molecule has 0 radical (unpaired) electrons. The van der Waals surface area contributed by atoms with Crippen molar-refractivity contribution in [2.75, 3.05) is 0 Å². The molecule has 0 aliphatic heterocycles. The van der Waals surface area contributed by atoms with Gasteiger partial charge in [0.05, 0.1) is 0 Å². The topological polar surface area (TPSA) is 73.6 Å². The van der Waals surface area contributed by atoms with Crippen molar-refractivity contribution in [2.45, 2.75) is 11.8 Å². The molecule has 2 aromatic carbocycles. The lowest BCUT2D eigenvalue weighted by atomic mass is 10.1. The maximum Gasteiger partial charge on any atom is 0.339 e. The highest BCUT2D eigenvalue weighted by atomic mass is 127. The van der Waals surface area contributed by atoms with Gasteiger partial charge in [-0.25, -0.2) is 4.79 Å². The zero-order valence-electron chi connectivity index (χ0n) is 11.9. The smallest absolute Gasteiger partial charge is 0.339 e. The maximum atomic E-state index is 12.3. The molecule has 23 heavy (non-hydrogen) atoms. The van der Waals surface area contributed by atoms with E-state index >= 15 is 0 Å². The van der Waals surface area contributed by atoms with Crippen LogP contribution < -0.4 is 9.81 Å². The average molecular weight is 442 g/mol. The molecular weight excluding hydrogens is 431 g/mol. The van der Waals surface area contributed by atoms with Crippen molar-refractivity contribution in [1.82, 2.24) is 0 Å². The van der Waals surface area contributed by atoms with E-state index in [4.69, 9.17) is 8.60 Å². The van der Waals surface area contributed by atoms with Crippen molar-refractivity contribution in [1.29, 1.82) is 0 Å². The normalized spacial score (nSPS) is 11.6. The predicted octanol–water partition coefficient (Wildman–Crippen LogP) is 3.47. The molecule has 0 atom stereocenters. The summed E-state index contributed by atoms with van der Waals surface area (Å²) in [5.74, 6) is 0.0878. The van der Waals surface area contributed by atoms with Crippen LogP contribution in [-0.2, 0) is 10.1 Å². The Hall–Kier alpha value is -1.87. The molecule has 5 nitrogen and oxygen atoms in total. The van der Waals surface area contributed by atoms with E-state index in [9.17, 15) is 13.2 Å². The van der Waals surface area contributed by atoms with Crippen LogP contribution in [0.4, 0.5) is 0 Å². The molecule has 7 heteroatoms. The highest BCUT2D eigenvalue weighted by Crippen LogP contribution is 2.25. The van der Waals surface area contributed by atoms with Gasteiger partial charge in [0.25, 0.3) is 0 Å². The van der Waals surface area contributed by atoms with Crippen molar-refractivity contribution in [2.24, 2.45) is 0 Å². The van der Waals surface area contributed by atoms with Gasteiger partial charge in [0.1, 0.15) is 16.2 Å². The molecule has 0 spiro atoms. The quantitative estimate of drug-likeness (QED) is 0.353. The Kier molecular flexibility index (Phi) is 4.15. The van der Waals surface area contributed by atoms with Gasteiger partial charge in [-0.2, -0.15) is 8.42 Å². The predicted molar refractivity (Wildman–Crippen MR) is 94.2 cm³/mol. The Morgan fingerprint density at radius 3 is 2.43 bits per heavy atom. The first-order chi connectivity index (χ1) is 10.8. The summed E-state index contributed by atoms with van der Waals surface area (Å²) < 4.78 is 35.7. The molecule has 0 aliphatic carbocycles. The summed E-state index contributed by atoms with van der Waals surface area (Å²) in [5.41, 5.74) is 0.543. The van der Waals surface area contributed by atoms with Gasteiger partial charge in [0.2, 0.25) is 0 Å². The van der Waals surface area contributed by atoms with Crippen molar-refractivity contribution >= 4 is 43.7 Å². The summed E-state index contributed by atoms with van der Waals surface area (Å²) in [6.07, 6.45) is 0. The van der Waals surface area contributed by atoms with E-state index in [0.29, 0.717) is 0 Å². The third-order valence-corrected chi connectivity index (χ3v) is 5.21. The van der Waals surface area contributed by atoms with Crippen LogP contribution in [0.1, 0.15) is 5.56 Å². The first-order valence-corrected chi connectivity index (χ1v) is 9.08. The molecule has 0 unspecified atom stereocenters. The number of benzene rings is 2. The maximum absolute atomic E-state index is 12.3. The molecule has 0 fully saturated rings. The monoisotopic (exact) mass is 442 g/mol. The Bertz CT molecular complexity index is 1040. The molecule has 0 amide bonds. The molecule has 1 aromatic heterocycles.